The second-order valence-corrected chi connectivity index (χ2v) is 9.40. The predicted molar refractivity (Wildman–Crippen MR) is 140 cm³/mol. The normalized spacial score (nSPS) is 11.9. The summed E-state index contributed by atoms with van der Waals surface area (Å²) in [5.74, 6) is -1.07. The second-order valence-electron chi connectivity index (χ2n) is 8.56. The highest BCUT2D eigenvalue weighted by Gasteiger charge is 2.20. The summed E-state index contributed by atoms with van der Waals surface area (Å²) in [5.41, 5.74) is 0.359. The Morgan fingerprint density at radius 3 is 2.62 bits per heavy atom. The molecule has 0 saturated heterocycles. The lowest BCUT2D eigenvalue weighted by molar-refractivity contribution is -0.120. The third-order valence-corrected chi connectivity index (χ3v) is 5.84. The number of pyridine rings is 2. The van der Waals surface area contributed by atoms with E-state index in [0.29, 0.717) is 22.9 Å². The van der Waals surface area contributed by atoms with Gasteiger partial charge in [-0.15, -0.1) is 0 Å². The van der Waals surface area contributed by atoms with E-state index in [-0.39, 0.29) is 45.3 Å². The summed E-state index contributed by atoms with van der Waals surface area (Å²) < 4.78 is 13.8. The number of esters is 1. The molecule has 0 aliphatic heterocycles. The number of aromatic nitrogens is 3. The minimum absolute atomic E-state index is 0.0253. The van der Waals surface area contributed by atoms with E-state index in [4.69, 9.17) is 32.7 Å². The SMILES string of the molecule is CCOC(=O)c1cc2c(=O)n3ccccc3nc2n(CC(C)C)c1=NC(=O)COc1ccc(Cl)cc1Cl. The number of rotatable bonds is 7. The van der Waals surface area contributed by atoms with Gasteiger partial charge < -0.3 is 14.0 Å². The van der Waals surface area contributed by atoms with Crippen molar-refractivity contribution in [3.05, 3.63) is 80.1 Å². The molecule has 1 aromatic carbocycles. The Labute approximate surface area is 221 Å². The smallest absolute Gasteiger partial charge is 0.341 e. The highest BCUT2D eigenvalue weighted by Crippen LogP contribution is 2.27. The molecule has 0 aliphatic rings. The summed E-state index contributed by atoms with van der Waals surface area (Å²) in [6, 6.07) is 11.2. The van der Waals surface area contributed by atoms with Crippen molar-refractivity contribution in [1.29, 1.82) is 0 Å². The molecule has 0 aliphatic carbocycles. The van der Waals surface area contributed by atoms with Gasteiger partial charge in [0.25, 0.3) is 11.5 Å². The van der Waals surface area contributed by atoms with Gasteiger partial charge >= 0.3 is 5.97 Å². The van der Waals surface area contributed by atoms with E-state index in [2.05, 4.69) is 9.98 Å². The number of carbonyl (C=O) groups excluding carboxylic acids is 2. The summed E-state index contributed by atoms with van der Waals surface area (Å²) >= 11 is 12.0. The zero-order valence-electron chi connectivity index (χ0n) is 20.4. The van der Waals surface area contributed by atoms with Crippen molar-refractivity contribution in [3.8, 4) is 5.75 Å². The lowest BCUT2D eigenvalue weighted by atomic mass is 10.1. The number of benzene rings is 1. The standard InChI is InChI=1S/C26H24Cl2N4O5/c1-4-36-26(35)18-12-17-23(29-21-7-5-6-10-31(21)25(17)34)32(13-15(2)3)24(18)30-22(33)14-37-20-9-8-16(27)11-19(20)28/h5-12,15H,4,13-14H2,1-3H3. The van der Waals surface area contributed by atoms with Crippen LogP contribution in [0.4, 0.5) is 0 Å². The number of halogens is 2. The van der Waals surface area contributed by atoms with Gasteiger partial charge in [-0.05, 0) is 49.2 Å². The summed E-state index contributed by atoms with van der Waals surface area (Å²) in [4.78, 5) is 48.1. The molecule has 37 heavy (non-hydrogen) atoms. The van der Waals surface area contributed by atoms with Crippen LogP contribution < -0.4 is 15.8 Å². The fraction of sp³-hybridized carbons (Fsp3) is 0.269. The maximum absolute atomic E-state index is 13.3. The minimum Gasteiger partial charge on any atom is -0.482 e. The molecule has 1 amide bonds. The first kappa shape index (κ1) is 26.4. The van der Waals surface area contributed by atoms with E-state index >= 15 is 0 Å². The first-order valence-electron chi connectivity index (χ1n) is 11.6. The molecule has 0 spiro atoms. The van der Waals surface area contributed by atoms with Gasteiger partial charge in [-0.3, -0.25) is 14.0 Å². The Balaban J connectivity index is 1.93. The monoisotopic (exact) mass is 542 g/mol. The van der Waals surface area contributed by atoms with Crippen LogP contribution in [0.25, 0.3) is 16.7 Å². The van der Waals surface area contributed by atoms with Crippen molar-refractivity contribution in [2.45, 2.75) is 27.3 Å². The number of hydrogen-bond donors (Lipinski definition) is 0. The Morgan fingerprint density at radius 1 is 1.14 bits per heavy atom. The van der Waals surface area contributed by atoms with E-state index < -0.39 is 18.5 Å². The van der Waals surface area contributed by atoms with Crippen LogP contribution in [0.15, 0.2) is 58.4 Å². The average molecular weight is 543 g/mol. The van der Waals surface area contributed by atoms with Crippen molar-refractivity contribution in [3.63, 3.8) is 0 Å². The predicted octanol–water partition coefficient (Wildman–Crippen LogP) is 4.30. The highest BCUT2D eigenvalue weighted by atomic mass is 35.5. The van der Waals surface area contributed by atoms with Crippen LogP contribution >= 0.6 is 23.2 Å². The van der Waals surface area contributed by atoms with Crippen molar-refractivity contribution < 1.29 is 19.1 Å². The number of amides is 1. The van der Waals surface area contributed by atoms with Gasteiger partial charge in [0.1, 0.15) is 22.6 Å². The number of fused-ring (bicyclic) bond motifs is 2. The Kier molecular flexibility index (Phi) is 7.94. The van der Waals surface area contributed by atoms with Gasteiger partial charge in [0.05, 0.1) is 17.0 Å². The van der Waals surface area contributed by atoms with Crippen molar-refractivity contribution in [2.75, 3.05) is 13.2 Å². The van der Waals surface area contributed by atoms with Crippen LogP contribution in [0, 0.1) is 5.92 Å². The van der Waals surface area contributed by atoms with Crippen LogP contribution in [0.2, 0.25) is 10.0 Å². The minimum atomic E-state index is -0.715. The van der Waals surface area contributed by atoms with E-state index in [1.165, 1.54) is 16.5 Å². The van der Waals surface area contributed by atoms with Gasteiger partial charge in [-0.2, -0.15) is 4.99 Å². The number of carbonyl (C=O) groups is 2. The number of nitrogens with zero attached hydrogens (tertiary/aromatic N) is 4. The molecule has 192 valence electrons. The molecule has 0 N–H and O–H groups in total. The Morgan fingerprint density at radius 2 is 1.92 bits per heavy atom. The van der Waals surface area contributed by atoms with Crippen LogP contribution in [-0.2, 0) is 16.1 Å². The quantitative estimate of drug-likeness (QED) is 0.255. The Hall–Kier alpha value is -3.69. The van der Waals surface area contributed by atoms with E-state index in [0.717, 1.165) is 0 Å². The number of ether oxygens (including phenoxy) is 2. The van der Waals surface area contributed by atoms with Crippen LogP contribution in [0.1, 0.15) is 31.1 Å². The van der Waals surface area contributed by atoms with Gasteiger partial charge in [0.15, 0.2) is 12.1 Å². The molecular weight excluding hydrogens is 519 g/mol. The first-order chi connectivity index (χ1) is 17.7. The lowest BCUT2D eigenvalue weighted by Crippen LogP contribution is -2.34. The maximum Gasteiger partial charge on any atom is 0.341 e. The highest BCUT2D eigenvalue weighted by molar-refractivity contribution is 6.35. The largest absolute Gasteiger partial charge is 0.482 e. The van der Waals surface area contributed by atoms with E-state index in [1.807, 2.05) is 13.8 Å². The summed E-state index contributed by atoms with van der Waals surface area (Å²) in [6.07, 6.45) is 1.60. The molecular formula is C26H24Cl2N4O5. The van der Waals surface area contributed by atoms with Gasteiger partial charge in [0.2, 0.25) is 0 Å². The summed E-state index contributed by atoms with van der Waals surface area (Å²) in [7, 11) is 0. The zero-order valence-corrected chi connectivity index (χ0v) is 21.9. The third-order valence-electron chi connectivity index (χ3n) is 5.31. The molecule has 0 atom stereocenters. The van der Waals surface area contributed by atoms with Crippen LogP contribution in [0.5, 0.6) is 5.75 Å². The van der Waals surface area contributed by atoms with E-state index in [1.54, 1.807) is 48.0 Å². The molecule has 0 bridgehead atoms. The molecule has 0 radical (unpaired) electrons. The van der Waals surface area contributed by atoms with E-state index in [9.17, 15) is 14.4 Å². The average Bonchev–Trinajstić information content (AvgIpc) is 2.85. The first-order valence-corrected chi connectivity index (χ1v) is 12.3. The van der Waals surface area contributed by atoms with Crippen molar-refractivity contribution in [1.82, 2.24) is 14.0 Å². The zero-order chi connectivity index (χ0) is 26.7. The van der Waals surface area contributed by atoms with Crippen LogP contribution in [-0.4, -0.2) is 39.0 Å². The molecule has 11 heteroatoms. The van der Waals surface area contributed by atoms with Crippen molar-refractivity contribution in [2.24, 2.45) is 10.9 Å². The molecule has 0 saturated carbocycles. The van der Waals surface area contributed by atoms with Crippen molar-refractivity contribution >= 4 is 51.8 Å². The Bertz CT molecular complexity index is 1640. The molecule has 3 heterocycles. The summed E-state index contributed by atoms with van der Waals surface area (Å²) in [6.45, 7) is 5.56. The fourth-order valence-electron chi connectivity index (χ4n) is 3.78. The fourth-order valence-corrected chi connectivity index (χ4v) is 4.24. The topological polar surface area (TPSA) is 104 Å². The van der Waals surface area contributed by atoms with Crippen LogP contribution in [0.3, 0.4) is 0 Å². The van der Waals surface area contributed by atoms with Gasteiger partial charge in [-0.1, -0.05) is 43.1 Å². The molecule has 9 nitrogen and oxygen atoms in total. The molecule has 0 fully saturated rings. The number of hydrogen-bond acceptors (Lipinski definition) is 6. The lowest BCUT2D eigenvalue weighted by Gasteiger charge is -2.16. The second kappa shape index (κ2) is 11.1. The molecule has 0 unspecified atom stereocenters. The maximum atomic E-state index is 13.3. The van der Waals surface area contributed by atoms with Gasteiger partial charge in [-0.25, -0.2) is 9.78 Å². The summed E-state index contributed by atoms with van der Waals surface area (Å²) in [5, 5.41) is 0.863. The molecule has 3 aromatic heterocycles. The van der Waals surface area contributed by atoms with Gasteiger partial charge in [0, 0.05) is 17.8 Å². The molecule has 4 rings (SSSR count). The molecule has 4 aromatic rings. The third kappa shape index (κ3) is 5.68.